The largest absolute Gasteiger partial charge is 0.121 e. The van der Waals surface area contributed by atoms with E-state index in [-0.39, 0.29) is 0 Å². The highest BCUT2D eigenvalue weighted by molar-refractivity contribution is 6.41. The van der Waals surface area contributed by atoms with E-state index >= 15 is 0 Å². The first-order valence-electron chi connectivity index (χ1n) is 11.1. The summed E-state index contributed by atoms with van der Waals surface area (Å²) in [4.78, 5) is 0. The molecule has 1 aliphatic carbocycles. The lowest BCUT2D eigenvalue weighted by molar-refractivity contribution is 0.433. The van der Waals surface area contributed by atoms with Crippen LogP contribution in [-0.4, -0.2) is 7.28 Å². The van der Waals surface area contributed by atoms with Crippen LogP contribution in [0.2, 0.25) is 11.1 Å². The number of hydrogen-bond donors (Lipinski definition) is 0. The summed E-state index contributed by atoms with van der Waals surface area (Å²) in [5, 5.41) is 0.519. The third kappa shape index (κ3) is 10.5. The third-order valence-electron chi connectivity index (χ3n) is 5.99. The molecule has 0 saturated heterocycles. The standard InChI is InChI=1S/C22H44B/c1-4-6-8-15-19-22(3,20-16-9-7-5-2)23-21-17-13-11-10-12-14-18-21/h21H,4-20H2,1-3H3. The van der Waals surface area contributed by atoms with Crippen LogP contribution >= 0.6 is 0 Å². The molecular formula is C22H44B. The molecule has 1 fully saturated rings. The zero-order valence-electron chi connectivity index (χ0n) is 16.7. The van der Waals surface area contributed by atoms with Gasteiger partial charge in [-0.05, 0) is 0 Å². The summed E-state index contributed by atoms with van der Waals surface area (Å²) in [5.74, 6) is 0.914. The van der Waals surface area contributed by atoms with Crippen LogP contribution in [0.4, 0.5) is 0 Å². The monoisotopic (exact) mass is 319 g/mol. The van der Waals surface area contributed by atoms with Gasteiger partial charge in [-0.1, -0.05) is 141 Å². The second-order valence-electron chi connectivity index (χ2n) is 8.55. The van der Waals surface area contributed by atoms with Gasteiger partial charge in [0.1, 0.15) is 7.28 Å². The second kappa shape index (κ2) is 13.4. The summed E-state index contributed by atoms with van der Waals surface area (Å²) in [7, 11) is 2.84. The van der Waals surface area contributed by atoms with Crippen molar-refractivity contribution in [3.05, 3.63) is 0 Å². The zero-order valence-corrected chi connectivity index (χ0v) is 16.7. The van der Waals surface area contributed by atoms with Gasteiger partial charge in [0.15, 0.2) is 0 Å². The number of rotatable bonds is 12. The predicted octanol–water partition coefficient (Wildman–Crippen LogP) is 8.34. The van der Waals surface area contributed by atoms with Gasteiger partial charge in [0.25, 0.3) is 0 Å². The van der Waals surface area contributed by atoms with Gasteiger partial charge in [0.2, 0.25) is 0 Å². The maximum absolute atomic E-state index is 2.84. The van der Waals surface area contributed by atoms with Crippen molar-refractivity contribution in [2.75, 3.05) is 0 Å². The molecule has 0 heterocycles. The lowest BCUT2D eigenvalue weighted by Gasteiger charge is -2.34. The first kappa shape index (κ1) is 21.1. The fraction of sp³-hybridized carbons (Fsp3) is 1.00. The molecular weight excluding hydrogens is 275 g/mol. The van der Waals surface area contributed by atoms with Gasteiger partial charge in [-0.2, -0.15) is 0 Å². The number of unbranched alkanes of at least 4 members (excludes halogenated alkanes) is 6. The van der Waals surface area contributed by atoms with Gasteiger partial charge < -0.3 is 0 Å². The predicted molar refractivity (Wildman–Crippen MR) is 108 cm³/mol. The second-order valence-corrected chi connectivity index (χ2v) is 8.55. The summed E-state index contributed by atoms with van der Waals surface area (Å²) in [6.45, 7) is 7.23. The van der Waals surface area contributed by atoms with Gasteiger partial charge in [-0.25, -0.2) is 0 Å². The fourth-order valence-corrected chi connectivity index (χ4v) is 4.43. The van der Waals surface area contributed by atoms with E-state index in [1.165, 1.54) is 109 Å². The molecule has 0 unspecified atom stereocenters. The highest BCUT2D eigenvalue weighted by atomic mass is 14.2. The minimum atomic E-state index is 0.519. The Morgan fingerprint density at radius 2 is 1.17 bits per heavy atom. The van der Waals surface area contributed by atoms with Gasteiger partial charge in [-0.3, -0.25) is 0 Å². The molecule has 1 heteroatoms. The van der Waals surface area contributed by atoms with Crippen molar-refractivity contribution in [1.29, 1.82) is 0 Å². The highest BCUT2D eigenvalue weighted by Crippen LogP contribution is 2.43. The van der Waals surface area contributed by atoms with Crippen molar-refractivity contribution >= 4 is 7.28 Å². The topological polar surface area (TPSA) is 0 Å². The molecule has 23 heavy (non-hydrogen) atoms. The summed E-state index contributed by atoms with van der Waals surface area (Å²) in [6, 6.07) is 0. The quantitative estimate of drug-likeness (QED) is 0.250. The first-order chi connectivity index (χ1) is 11.2. The van der Waals surface area contributed by atoms with E-state index in [2.05, 4.69) is 28.1 Å². The average molecular weight is 319 g/mol. The first-order valence-corrected chi connectivity index (χ1v) is 11.1. The minimum absolute atomic E-state index is 0.519. The Hall–Kier alpha value is 0.0649. The van der Waals surface area contributed by atoms with Crippen LogP contribution in [0.15, 0.2) is 0 Å². The van der Waals surface area contributed by atoms with E-state index in [1.54, 1.807) is 0 Å². The van der Waals surface area contributed by atoms with E-state index in [1.807, 2.05) is 0 Å². The molecule has 1 radical (unpaired) electrons. The summed E-state index contributed by atoms with van der Waals surface area (Å²) in [5.41, 5.74) is 0. The van der Waals surface area contributed by atoms with Crippen molar-refractivity contribution in [1.82, 2.24) is 0 Å². The smallest absolute Gasteiger partial charge is 0.0682 e. The van der Waals surface area contributed by atoms with Crippen molar-refractivity contribution in [2.24, 2.45) is 0 Å². The van der Waals surface area contributed by atoms with Crippen LogP contribution in [-0.2, 0) is 0 Å². The van der Waals surface area contributed by atoms with E-state index in [0.29, 0.717) is 5.31 Å². The van der Waals surface area contributed by atoms with Crippen LogP contribution in [0.5, 0.6) is 0 Å². The molecule has 0 atom stereocenters. The molecule has 0 N–H and O–H groups in total. The Morgan fingerprint density at radius 1 is 0.696 bits per heavy atom. The molecule has 0 aromatic rings. The van der Waals surface area contributed by atoms with Crippen LogP contribution in [0.3, 0.4) is 0 Å². The van der Waals surface area contributed by atoms with E-state index in [4.69, 9.17) is 0 Å². The maximum atomic E-state index is 2.84. The van der Waals surface area contributed by atoms with E-state index in [0.717, 1.165) is 5.82 Å². The van der Waals surface area contributed by atoms with Crippen molar-refractivity contribution in [3.63, 3.8) is 0 Å². The van der Waals surface area contributed by atoms with Crippen LogP contribution in [0, 0.1) is 0 Å². The average Bonchev–Trinajstić information content (AvgIpc) is 2.51. The van der Waals surface area contributed by atoms with Crippen LogP contribution in [0.25, 0.3) is 0 Å². The highest BCUT2D eigenvalue weighted by Gasteiger charge is 2.28. The molecule has 0 aromatic heterocycles. The summed E-state index contributed by atoms with van der Waals surface area (Å²) >= 11 is 0. The Bertz CT molecular complexity index is 241. The molecule has 1 rings (SSSR count). The van der Waals surface area contributed by atoms with Crippen molar-refractivity contribution in [3.8, 4) is 0 Å². The molecule has 1 aliphatic rings. The summed E-state index contributed by atoms with van der Waals surface area (Å²) < 4.78 is 0. The van der Waals surface area contributed by atoms with Gasteiger partial charge in [-0.15, -0.1) is 0 Å². The molecule has 1 saturated carbocycles. The summed E-state index contributed by atoms with van der Waals surface area (Å²) in [6.07, 6.45) is 24.6. The van der Waals surface area contributed by atoms with E-state index < -0.39 is 0 Å². The Balaban J connectivity index is 2.45. The molecule has 0 aliphatic heterocycles. The van der Waals surface area contributed by atoms with Crippen molar-refractivity contribution in [2.45, 2.75) is 141 Å². The molecule has 0 amide bonds. The number of hydrogen-bond acceptors (Lipinski definition) is 0. The van der Waals surface area contributed by atoms with Crippen LogP contribution in [0.1, 0.15) is 130 Å². The van der Waals surface area contributed by atoms with Crippen LogP contribution < -0.4 is 0 Å². The molecule has 0 bridgehead atoms. The normalized spacial score (nSPS) is 17.7. The third-order valence-corrected chi connectivity index (χ3v) is 5.99. The van der Waals surface area contributed by atoms with Gasteiger partial charge in [0, 0.05) is 0 Å². The maximum Gasteiger partial charge on any atom is 0.121 e. The Kier molecular flexibility index (Phi) is 12.3. The molecule has 0 aromatic carbocycles. The minimum Gasteiger partial charge on any atom is -0.0682 e. The van der Waals surface area contributed by atoms with E-state index in [9.17, 15) is 0 Å². The van der Waals surface area contributed by atoms with Gasteiger partial charge in [0.05, 0.1) is 0 Å². The van der Waals surface area contributed by atoms with Gasteiger partial charge >= 0.3 is 0 Å². The van der Waals surface area contributed by atoms with Crippen molar-refractivity contribution < 1.29 is 0 Å². The fourth-order valence-electron chi connectivity index (χ4n) is 4.43. The Labute approximate surface area is 148 Å². The lowest BCUT2D eigenvalue weighted by atomic mass is 9.42. The molecule has 0 nitrogen and oxygen atoms in total. The Morgan fingerprint density at radius 3 is 1.65 bits per heavy atom. The zero-order chi connectivity index (χ0) is 16.8. The lowest BCUT2D eigenvalue weighted by Crippen LogP contribution is -2.22. The molecule has 135 valence electrons. The molecule has 0 spiro atoms. The SMILES string of the molecule is CCCCCCC(C)([B]C1CCCCCCC1)CCCCCC.